The predicted octanol–water partition coefficient (Wildman–Crippen LogP) is 5.32. The monoisotopic (exact) mass is 462 g/mol. The van der Waals surface area contributed by atoms with Crippen LogP contribution in [0.2, 0.25) is 5.02 Å². The van der Waals surface area contributed by atoms with Crippen LogP contribution in [0.3, 0.4) is 0 Å². The quantitative estimate of drug-likeness (QED) is 0.224. The van der Waals surface area contributed by atoms with Gasteiger partial charge in [0.15, 0.2) is 11.2 Å². The third-order valence-corrected chi connectivity index (χ3v) is 5.91. The van der Waals surface area contributed by atoms with Gasteiger partial charge in [-0.05, 0) is 30.3 Å². The molecule has 3 aromatic rings. The molecule has 0 unspecified atom stereocenters. The normalized spacial score (nSPS) is 13.2. The van der Waals surface area contributed by atoms with Crippen molar-refractivity contribution < 1.29 is 38.9 Å². The summed E-state index contributed by atoms with van der Waals surface area (Å²) in [4.78, 5) is 12.5. The summed E-state index contributed by atoms with van der Waals surface area (Å²) in [6.07, 6.45) is -4.64. The van der Waals surface area contributed by atoms with E-state index in [0.717, 1.165) is 29.5 Å². The molecule has 0 aliphatic heterocycles. The molecule has 0 N–H and O–H groups in total. The van der Waals surface area contributed by atoms with E-state index in [1.165, 1.54) is 0 Å². The van der Waals surface area contributed by atoms with Gasteiger partial charge in [0.05, 0.1) is 10.6 Å². The first-order valence-corrected chi connectivity index (χ1v) is 9.59. The maximum Gasteiger partial charge on any atom is 0.534 e. The van der Waals surface area contributed by atoms with Crippen molar-refractivity contribution in [1.82, 2.24) is 0 Å². The van der Waals surface area contributed by atoms with Gasteiger partial charge in [0, 0.05) is 20.2 Å². The first-order valence-electron chi connectivity index (χ1n) is 6.99. The van der Waals surface area contributed by atoms with Gasteiger partial charge >= 0.3 is 21.8 Å². The Morgan fingerprint density at radius 1 is 0.929 bits per heavy atom. The smallest absolute Gasteiger partial charge is 0.374 e. The second-order valence-electron chi connectivity index (χ2n) is 5.40. The number of fused-ring (bicyclic) bond motifs is 2. The zero-order valence-electron chi connectivity index (χ0n) is 13.0. The van der Waals surface area contributed by atoms with E-state index in [-0.39, 0.29) is 20.2 Å². The molecular formula is C15H5ClF6O4S2. The van der Waals surface area contributed by atoms with E-state index in [1.807, 2.05) is 0 Å². The Morgan fingerprint density at radius 2 is 1.54 bits per heavy atom. The van der Waals surface area contributed by atoms with Gasteiger partial charge in [0.2, 0.25) is 0 Å². The highest BCUT2D eigenvalue weighted by Gasteiger charge is 2.48. The van der Waals surface area contributed by atoms with Crippen molar-refractivity contribution in [3.05, 3.63) is 51.1 Å². The summed E-state index contributed by atoms with van der Waals surface area (Å²) in [6.45, 7) is 0. The Hall–Kier alpha value is -2.05. The molecule has 0 amide bonds. The highest BCUT2D eigenvalue weighted by Crippen LogP contribution is 2.37. The zero-order valence-corrected chi connectivity index (χ0v) is 15.4. The van der Waals surface area contributed by atoms with Crippen LogP contribution in [0.1, 0.15) is 5.56 Å². The number of hydrogen-bond donors (Lipinski definition) is 0. The molecule has 13 heteroatoms. The lowest BCUT2D eigenvalue weighted by Gasteiger charge is -2.12. The lowest BCUT2D eigenvalue weighted by atomic mass is 10.1. The molecule has 0 atom stereocenters. The van der Waals surface area contributed by atoms with E-state index in [9.17, 15) is 39.6 Å². The molecule has 0 aliphatic rings. The molecule has 3 rings (SSSR count). The Labute approximate surface area is 161 Å². The zero-order chi connectivity index (χ0) is 21.1. The standard InChI is InChI=1S/C15H5ClF6O4S2/c16-9-5-12-8(4-10(9)26-28(24,25)15(20,21)22)13(23)7-2-1-6(14(17,18)19)3-11(7)27-12/h1-5H. The first kappa shape index (κ1) is 20.7. The molecule has 0 bridgehead atoms. The Bertz CT molecular complexity index is 1260. The number of hydrogen-bond acceptors (Lipinski definition) is 5. The van der Waals surface area contributed by atoms with Crippen molar-refractivity contribution in [3.63, 3.8) is 0 Å². The average molecular weight is 463 g/mol. The fraction of sp³-hybridized carbons (Fsp3) is 0.133. The van der Waals surface area contributed by atoms with Crippen LogP contribution < -0.4 is 9.61 Å². The van der Waals surface area contributed by atoms with Gasteiger partial charge in [-0.1, -0.05) is 11.6 Å². The third kappa shape index (κ3) is 3.63. The van der Waals surface area contributed by atoms with Gasteiger partial charge in [-0.25, -0.2) is 0 Å². The minimum absolute atomic E-state index is 0.0278. The van der Waals surface area contributed by atoms with Gasteiger partial charge in [-0.2, -0.15) is 34.8 Å². The van der Waals surface area contributed by atoms with Gasteiger partial charge in [0.25, 0.3) is 0 Å². The van der Waals surface area contributed by atoms with Crippen LogP contribution in [0.25, 0.3) is 20.2 Å². The summed E-state index contributed by atoms with van der Waals surface area (Å²) in [7, 11) is -6.03. The molecule has 0 saturated carbocycles. The van der Waals surface area contributed by atoms with Crippen molar-refractivity contribution in [2.45, 2.75) is 11.7 Å². The second kappa shape index (κ2) is 6.49. The first-order chi connectivity index (χ1) is 12.7. The molecule has 2 aromatic carbocycles. The van der Waals surface area contributed by atoms with E-state index >= 15 is 0 Å². The van der Waals surface area contributed by atoms with Crippen molar-refractivity contribution in [3.8, 4) is 5.75 Å². The summed E-state index contributed by atoms with van der Waals surface area (Å²) in [5, 5.41) is -0.950. The highest BCUT2D eigenvalue weighted by molar-refractivity contribution is 7.88. The lowest BCUT2D eigenvalue weighted by molar-refractivity contribution is -0.137. The SMILES string of the molecule is O=c1c2ccc(C(F)(F)F)cc2sc2cc(Cl)c(OS(=O)(=O)C(F)(F)F)cc12. The molecule has 0 radical (unpaired) electrons. The van der Waals surface area contributed by atoms with Crippen LogP contribution in [0, 0.1) is 0 Å². The predicted molar refractivity (Wildman–Crippen MR) is 91.2 cm³/mol. The number of halogens is 7. The molecule has 150 valence electrons. The van der Waals surface area contributed by atoms with Gasteiger partial charge < -0.3 is 4.18 Å². The summed E-state index contributed by atoms with van der Waals surface area (Å²) in [5.41, 5.74) is -7.52. The van der Waals surface area contributed by atoms with Crippen molar-refractivity contribution in [1.29, 1.82) is 0 Å². The van der Waals surface area contributed by atoms with Crippen LogP contribution in [0.4, 0.5) is 26.3 Å². The minimum atomic E-state index is -6.03. The summed E-state index contributed by atoms with van der Waals surface area (Å²) in [5.74, 6) is -0.929. The number of benzene rings is 2. The molecule has 0 aliphatic carbocycles. The van der Waals surface area contributed by atoms with Crippen LogP contribution in [-0.2, 0) is 16.3 Å². The topological polar surface area (TPSA) is 60.4 Å². The fourth-order valence-corrected chi connectivity index (χ4v) is 4.17. The van der Waals surface area contributed by atoms with E-state index < -0.39 is 43.6 Å². The molecular weight excluding hydrogens is 458 g/mol. The Balaban J connectivity index is 2.24. The van der Waals surface area contributed by atoms with Crippen LogP contribution >= 0.6 is 22.9 Å². The van der Waals surface area contributed by atoms with Crippen LogP contribution in [-0.4, -0.2) is 13.9 Å². The Kier molecular flexibility index (Phi) is 4.79. The lowest BCUT2D eigenvalue weighted by Crippen LogP contribution is -2.28. The number of rotatable bonds is 2. The van der Waals surface area contributed by atoms with Gasteiger partial charge in [-0.3, -0.25) is 4.79 Å². The van der Waals surface area contributed by atoms with Crippen molar-refractivity contribution >= 4 is 53.2 Å². The van der Waals surface area contributed by atoms with E-state index in [4.69, 9.17) is 11.6 Å². The maximum atomic E-state index is 12.8. The Morgan fingerprint density at radius 3 is 2.11 bits per heavy atom. The van der Waals surface area contributed by atoms with Gasteiger partial charge in [-0.15, -0.1) is 11.3 Å². The van der Waals surface area contributed by atoms with Crippen LogP contribution in [0.5, 0.6) is 5.75 Å². The molecule has 28 heavy (non-hydrogen) atoms. The van der Waals surface area contributed by atoms with Crippen molar-refractivity contribution in [2.24, 2.45) is 0 Å². The average Bonchev–Trinajstić information content (AvgIpc) is 2.54. The van der Waals surface area contributed by atoms with E-state index in [1.54, 1.807) is 0 Å². The highest BCUT2D eigenvalue weighted by atomic mass is 35.5. The molecule has 0 saturated heterocycles. The molecule has 1 heterocycles. The van der Waals surface area contributed by atoms with Gasteiger partial charge in [0.1, 0.15) is 0 Å². The largest absolute Gasteiger partial charge is 0.534 e. The molecule has 4 nitrogen and oxygen atoms in total. The van der Waals surface area contributed by atoms with Crippen LogP contribution in [0.15, 0.2) is 35.1 Å². The maximum absolute atomic E-state index is 12.8. The third-order valence-electron chi connectivity index (χ3n) is 3.54. The summed E-state index contributed by atoms with van der Waals surface area (Å²) >= 11 is 6.47. The number of alkyl halides is 6. The minimum Gasteiger partial charge on any atom is -0.374 e. The second-order valence-corrected chi connectivity index (χ2v) is 8.43. The molecule has 0 fully saturated rings. The van der Waals surface area contributed by atoms with E-state index in [0.29, 0.717) is 12.1 Å². The molecule has 0 spiro atoms. The summed E-state index contributed by atoms with van der Waals surface area (Å²) in [6, 6.07) is 4.02. The van der Waals surface area contributed by atoms with Crippen molar-refractivity contribution in [2.75, 3.05) is 0 Å². The molecule has 1 aromatic heterocycles. The van der Waals surface area contributed by atoms with E-state index in [2.05, 4.69) is 4.18 Å². The fourth-order valence-electron chi connectivity index (χ4n) is 2.26. The summed E-state index contributed by atoms with van der Waals surface area (Å²) < 4.78 is 102.